The van der Waals surface area contributed by atoms with Crippen molar-refractivity contribution in [2.75, 3.05) is 37.8 Å². The molecule has 1 unspecified atom stereocenters. The van der Waals surface area contributed by atoms with Crippen LogP contribution in [0.2, 0.25) is 0 Å². The lowest BCUT2D eigenvalue weighted by Gasteiger charge is -2.33. The van der Waals surface area contributed by atoms with Crippen LogP contribution in [0.4, 0.5) is 10.5 Å². The largest absolute Gasteiger partial charge is 0.465 e. The predicted molar refractivity (Wildman–Crippen MR) is 142 cm³/mol. The van der Waals surface area contributed by atoms with Gasteiger partial charge in [0.15, 0.2) is 0 Å². The minimum absolute atomic E-state index is 0.00409. The van der Waals surface area contributed by atoms with E-state index in [9.17, 15) is 9.59 Å². The Labute approximate surface area is 214 Å². The zero-order chi connectivity index (χ0) is 26.1. The Morgan fingerprint density at radius 1 is 1.06 bits per heavy atom. The molecule has 7 heteroatoms. The van der Waals surface area contributed by atoms with E-state index < -0.39 is 6.09 Å². The molecule has 0 spiro atoms. The first-order chi connectivity index (χ1) is 17.1. The monoisotopic (exact) mass is 494 g/mol. The highest BCUT2D eigenvalue weighted by Crippen LogP contribution is 2.26. The van der Waals surface area contributed by atoms with E-state index in [2.05, 4.69) is 20.8 Å². The van der Waals surface area contributed by atoms with Gasteiger partial charge in [0.1, 0.15) is 0 Å². The number of nitrogens with zero attached hydrogens (tertiary/aromatic N) is 2. The number of hydrogen-bond donors (Lipinski definition) is 1. The van der Waals surface area contributed by atoms with Crippen molar-refractivity contribution in [2.45, 2.75) is 46.8 Å². The van der Waals surface area contributed by atoms with Crippen molar-refractivity contribution < 1.29 is 24.2 Å². The van der Waals surface area contributed by atoms with Gasteiger partial charge in [-0.1, -0.05) is 69.3 Å². The second-order valence-electron chi connectivity index (χ2n) is 10.1. The van der Waals surface area contributed by atoms with Gasteiger partial charge in [0.25, 0.3) is 0 Å². The van der Waals surface area contributed by atoms with Crippen LogP contribution in [0.1, 0.15) is 45.2 Å². The van der Waals surface area contributed by atoms with Crippen molar-refractivity contribution in [3.8, 4) is 0 Å². The van der Waals surface area contributed by atoms with Crippen molar-refractivity contribution >= 4 is 23.3 Å². The molecule has 0 radical (unpaired) electrons. The number of carbonyl (C=O) groups is 2. The molecule has 0 aromatic heterocycles. The van der Waals surface area contributed by atoms with Gasteiger partial charge >= 0.3 is 6.09 Å². The fraction of sp³-hybridized carbons (Fsp3) is 0.448. The van der Waals surface area contributed by atoms with Crippen LogP contribution >= 0.6 is 0 Å². The number of benzene rings is 2. The third-order valence-electron chi connectivity index (χ3n) is 6.37. The summed E-state index contributed by atoms with van der Waals surface area (Å²) in [5.41, 5.74) is 4.37. The number of carbonyl (C=O) groups excluding carboxylic acids is 1. The first-order valence-electron chi connectivity index (χ1n) is 12.4. The average Bonchev–Trinajstić information content (AvgIpc) is 2.88. The Hall–Kier alpha value is -3.16. The van der Waals surface area contributed by atoms with Crippen molar-refractivity contribution in [1.29, 1.82) is 0 Å². The second-order valence-corrected chi connectivity index (χ2v) is 10.1. The standard InChI is InChI=1S/C21H22N2O3.C8H16O2/c1-16(24)23(15-17-5-3-2-4-6-17)20-9-7-18(8-10-20)19-11-13-22(14-12-19)21(25)26;1-8(2,3)7-6-9-4-5-10-7/h2-11H,12-15H2,1H3,(H,25,26);7H,4-6H2,1-3H3. The Bertz CT molecular complexity index is 1020. The first kappa shape index (κ1) is 27.4. The molecule has 2 aliphatic rings. The van der Waals surface area contributed by atoms with Gasteiger partial charge in [0.2, 0.25) is 5.91 Å². The number of amides is 2. The summed E-state index contributed by atoms with van der Waals surface area (Å²) >= 11 is 0. The molecule has 36 heavy (non-hydrogen) atoms. The van der Waals surface area contributed by atoms with E-state index in [0.29, 0.717) is 26.1 Å². The summed E-state index contributed by atoms with van der Waals surface area (Å²) in [7, 11) is 0. The van der Waals surface area contributed by atoms with Crippen molar-refractivity contribution in [2.24, 2.45) is 5.41 Å². The van der Waals surface area contributed by atoms with E-state index in [1.165, 1.54) is 4.90 Å². The maximum Gasteiger partial charge on any atom is 0.407 e. The van der Waals surface area contributed by atoms with Crippen LogP contribution in [0.3, 0.4) is 0 Å². The van der Waals surface area contributed by atoms with Crippen LogP contribution in [0.25, 0.3) is 5.57 Å². The Morgan fingerprint density at radius 2 is 1.75 bits per heavy atom. The summed E-state index contributed by atoms with van der Waals surface area (Å²) in [6, 6.07) is 17.8. The van der Waals surface area contributed by atoms with E-state index in [1.807, 2.05) is 60.7 Å². The molecule has 194 valence electrons. The molecule has 1 N–H and O–H groups in total. The van der Waals surface area contributed by atoms with Crippen LogP contribution in [0.5, 0.6) is 0 Å². The van der Waals surface area contributed by atoms with Crippen LogP contribution in [-0.2, 0) is 20.8 Å². The molecule has 2 aromatic rings. The number of carboxylic acid groups (broad SMARTS) is 1. The van der Waals surface area contributed by atoms with Gasteiger partial charge in [0.05, 0.1) is 32.5 Å². The van der Waals surface area contributed by atoms with Gasteiger partial charge in [-0.2, -0.15) is 0 Å². The zero-order valence-electron chi connectivity index (χ0n) is 21.8. The molecule has 1 saturated heterocycles. The lowest BCUT2D eigenvalue weighted by molar-refractivity contribution is -0.128. The molecular weight excluding hydrogens is 456 g/mol. The minimum Gasteiger partial charge on any atom is -0.465 e. The van der Waals surface area contributed by atoms with Gasteiger partial charge in [-0.25, -0.2) is 4.79 Å². The van der Waals surface area contributed by atoms with E-state index in [1.54, 1.807) is 11.8 Å². The lowest BCUT2D eigenvalue weighted by atomic mass is 9.89. The van der Waals surface area contributed by atoms with Gasteiger partial charge < -0.3 is 24.4 Å². The molecule has 4 rings (SSSR count). The second kappa shape index (κ2) is 12.7. The molecular formula is C29H38N2O5. The highest BCUT2D eigenvalue weighted by Gasteiger charge is 2.27. The van der Waals surface area contributed by atoms with E-state index in [4.69, 9.17) is 14.6 Å². The molecule has 7 nitrogen and oxygen atoms in total. The quantitative estimate of drug-likeness (QED) is 0.611. The lowest BCUT2D eigenvalue weighted by Crippen LogP contribution is -2.38. The Morgan fingerprint density at radius 3 is 2.22 bits per heavy atom. The van der Waals surface area contributed by atoms with Gasteiger partial charge in [-0.3, -0.25) is 4.79 Å². The van der Waals surface area contributed by atoms with E-state index in [-0.39, 0.29) is 17.4 Å². The summed E-state index contributed by atoms with van der Waals surface area (Å²) in [6.07, 6.45) is 2.06. The Kier molecular flexibility index (Phi) is 9.67. The molecule has 0 bridgehead atoms. The van der Waals surface area contributed by atoms with Crippen LogP contribution in [0, 0.1) is 5.41 Å². The van der Waals surface area contributed by atoms with Crippen molar-refractivity contribution in [3.63, 3.8) is 0 Å². The molecule has 2 heterocycles. The minimum atomic E-state index is -0.881. The van der Waals surface area contributed by atoms with Crippen LogP contribution < -0.4 is 4.90 Å². The fourth-order valence-electron chi connectivity index (χ4n) is 4.10. The average molecular weight is 495 g/mol. The summed E-state index contributed by atoms with van der Waals surface area (Å²) < 4.78 is 10.8. The third-order valence-corrected chi connectivity index (χ3v) is 6.37. The molecule has 2 amide bonds. The van der Waals surface area contributed by atoms with Crippen molar-refractivity contribution in [3.05, 3.63) is 71.8 Å². The number of ether oxygens (including phenoxy) is 2. The smallest absolute Gasteiger partial charge is 0.407 e. The first-order valence-corrected chi connectivity index (χ1v) is 12.4. The summed E-state index contributed by atoms with van der Waals surface area (Å²) in [6.45, 7) is 11.8. The molecule has 2 aromatic carbocycles. The molecule has 1 atom stereocenters. The van der Waals surface area contributed by atoms with Gasteiger partial charge in [-0.15, -0.1) is 0 Å². The van der Waals surface area contributed by atoms with Crippen molar-refractivity contribution in [1.82, 2.24) is 4.90 Å². The highest BCUT2D eigenvalue weighted by molar-refractivity contribution is 5.91. The predicted octanol–water partition coefficient (Wildman–Crippen LogP) is 5.45. The topological polar surface area (TPSA) is 79.3 Å². The van der Waals surface area contributed by atoms with Crippen LogP contribution in [-0.4, -0.2) is 61.0 Å². The molecule has 2 aliphatic heterocycles. The van der Waals surface area contributed by atoms with E-state index in [0.717, 1.165) is 42.2 Å². The van der Waals surface area contributed by atoms with Gasteiger partial charge in [0, 0.05) is 25.7 Å². The number of rotatable bonds is 4. The molecule has 0 saturated carbocycles. The Balaban J connectivity index is 0.000000303. The highest BCUT2D eigenvalue weighted by atomic mass is 16.6. The van der Waals surface area contributed by atoms with E-state index >= 15 is 0 Å². The maximum absolute atomic E-state index is 12.1. The summed E-state index contributed by atoms with van der Waals surface area (Å²) in [5.74, 6) is -0.00409. The maximum atomic E-state index is 12.1. The number of hydrogen-bond acceptors (Lipinski definition) is 4. The summed E-state index contributed by atoms with van der Waals surface area (Å²) in [4.78, 5) is 26.2. The molecule has 0 aliphatic carbocycles. The zero-order valence-corrected chi connectivity index (χ0v) is 21.8. The SMILES string of the molecule is CC(=O)N(Cc1ccccc1)c1ccc(C2=CCN(C(=O)O)CC2)cc1.CC(C)(C)C1COCCO1. The van der Waals surface area contributed by atoms with Gasteiger partial charge in [-0.05, 0) is 40.7 Å². The third kappa shape index (κ3) is 7.93. The summed E-state index contributed by atoms with van der Waals surface area (Å²) in [5, 5.41) is 9.02. The number of anilines is 1. The molecule has 1 fully saturated rings. The fourth-order valence-corrected chi connectivity index (χ4v) is 4.10. The normalized spacial score (nSPS) is 17.9. The van der Waals surface area contributed by atoms with Crippen LogP contribution in [0.15, 0.2) is 60.7 Å².